The fraction of sp³-hybridized carbons (Fsp3) is 0.444. The predicted molar refractivity (Wildman–Crippen MR) is 227 cm³/mol. The second kappa shape index (κ2) is 22.3. The first kappa shape index (κ1) is 51.7. The Labute approximate surface area is 395 Å². The zero-order valence-electron chi connectivity index (χ0n) is 36.3. The quantitative estimate of drug-likeness (QED) is 0.0397. The molecule has 16 atom stereocenters. The van der Waals surface area contributed by atoms with Crippen molar-refractivity contribution in [2.75, 3.05) is 19.8 Å². The van der Waals surface area contributed by atoms with Crippen molar-refractivity contribution in [3.63, 3.8) is 0 Å². The maximum Gasteiger partial charge on any atom is 0.330 e. The van der Waals surface area contributed by atoms with Gasteiger partial charge in [0, 0.05) is 23.8 Å². The van der Waals surface area contributed by atoms with E-state index in [2.05, 4.69) is 0 Å². The van der Waals surface area contributed by atoms with Gasteiger partial charge in [-0.05, 0) is 42.0 Å². The summed E-state index contributed by atoms with van der Waals surface area (Å²) in [4.78, 5) is 35.7. The molecular weight excluding hydrogens is 940 g/mol. The lowest BCUT2D eigenvalue weighted by atomic mass is 9.97. The Bertz CT molecular complexity index is 2360. The molecule has 7 rings (SSSR count). The molecule has 3 saturated heterocycles. The standard InChI is InChI=1S/C45H50O25/c46-15-27-33(54)36(57)40(61)44(67-27)70-42-38(59)35(56)29(16-62-31(52)10-3-18-1-6-20(47)7-2-18)69-45(42)66-26-13-23-24(64-41(26)19-4-8-21(48)9-5-19)11-22(49)12-25(23)65-43-39(60)37(58)34(55)28(68-43)17-63-32(53)14-30(50)51/h1-13,27-29,33-49,54-61H,14-17H2,(H,50,51). The van der Waals surface area contributed by atoms with Crippen molar-refractivity contribution in [3.8, 4) is 28.7 Å². The predicted octanol–water partition coefficient (Wildman–Crippen LogP) is -2.61. The summed E-state index contributed by atoms with van der Waals surface area (Å²) in [6, 6.07) is 13.4. The van der Waals surface area contributed by atoms with E-state index >= 15 is 0 Å². The zero-order chi connectivity index (χ0) is 50.6. The number of phenols is 3. The fourth-order valence-electron chi connectivity index (χ4n) is 7.64. The molecular formula is C45H50O25. The molecule has 25 nitrogen and oxygen atoms in total. The number of aliphatic hydroxyl groups is 9. The van der Waals surface area contributed by atoms with Gasteiger partial charge in [-0.2, -0.15) is 0 Å². The van der Waals surface area contributed by atoms with Crippen molar-refractivity contribution in [3.05, 3.63) is 89.2 Å². The summed E-state index contributed by atoms with van der Waals surface area (Å²) >= 11 is 0. The molecule has 0 saturated carbocycles. The van der Waals surface area contributed by atoms with E-state index in [9.17, 15) is 75.7 Å². The highest BCUT2D eigenvalue weighted by Crippen LogP contribution is 2.46. The molecule has 3 aromatic carbocycles. The number of hydrogen-bond donors (Lipinski definition) is 13. The van der Waals surface area contributed by atoms with Gasteiger partial charge in [0.25, 0.3) is 0 Å². The average Bonchev–Trinajstić information content (AvgIpc) is 3.32. The van der Waals surface area contributed by atoms with Crippen molar-refractivity contribution < 1.29 is 123 Å². The number of rotatable bonds is 16. The first-order chi connectivity index (χ1) is 33.3. The van der Waals surface area contributed by atoms with Gasteiger partial charge in [0.15, 0.2) is 18.5 Å². The molecule has 380 valence electrons. The Hall–Kier alpha value is -6.17. The van der Waals surface area contributed by atoms with Gasteiger partial charge in [-0.1, -0.05) is 24.3 Å². The van der Waals surface area contributed by atoms with Crippen LogP contribution in [0.3, 0.4) is 0 Å². The SMILES string of the molecule is O=C(O)CC(=O)OCC1OC(Oc2cc(O)cc3c2C=C(OC2OC(COC(=O)C=Cc4ccc(O)cc4)C(O)C(O)C2OC2OC(CO)C(O)C(O)C2O)C(c2ccc(O)cc2)O3)C(O)C(O)C1O. The second-order valence-electron chi connectivity index (χ2n) is 16.4. The van der Waals surface area contributed by atoms with E-state index in [1.54, 1.807) is 0 Å². The van der Waals surface area contributed by atoms with Crippen LogP contribution < -0.4 is 9.47 Å². The molecule has 0 aromatic heterocycles. The van der Waals surface area contributed by atoms with E-state index in [4.69, 9.17) is 47.7 Å². The van der Waals surface area contributed by atoms with Crippen molar-refractivity contribution in [1.29, 1.82) is 0 Å². The second-order valence-corrected chi connectivity index (χ2v) is 16.4. The third kappa shape index (κ3) is 11.9. The summed E-state index contributed by atoms with van der Waals surface area (Å²) < 4.78 is 52.0. The molecule has 13 N–H and O–H groups in total. The molecule has 4 aliphatic heterocycles. The molecule has 4 heterocycles. The number of aliphatic hydroxyl groups excluding tert-OH is 9. The molecule has 4 aliphatic rings. The molecule has 0 bridgehead atoms. The summed E-state index contributed by atoms with van der Waals surface area (Å²) in [5, 5.41) is 136. The first-order valence-corrected chi connectivity index (χ1v) is 21.4. The van der Waals surface area contributed by atoms with Gasteiger partial charge in [0.2, 0.25) is 12.6 Å². The van der Waals surface area contributed by atoms with Crippen LogP contribution in [0.15, 0.2) is 72.5 Å². The average molecular weight is 991 g/mol. The number of ether oxygens (including phenoxy) is 9. The van der Waals surface area contributed by atoms with E-state index in [-0.39, 0.29) is 39.9 Å². The number of esters is 2. The Balaban J connectivity index is 1.22. The Morgan fingerprint density at radius 3 is 1.83 bits per heavy atom. The van der Waals surface area contributed by atoms with Crippen LogP contribution in [0.25, 0.3) is 12.2 Å². The van der Waals surface area contributed by atoms with E-state index < -0.39 is 148 Å². The van der Waals surface area contributed by atoms with Gasteiger partial charge in [-0.25, -0.2) is 4.79 Å². The number of phenolic OH excluding ortho intramolecular Hbond substituents is 3. The van der Waals surface area contributed by atoms with Gasteiger partial charge in [0.1, 0.15) is 121 Å². The van der Waals surface area contributed by atoms with Crippen molar-refractivity contribution in [2.24, 2.45) is 0 Å². The van der Waals surface area contributed by atoms with Crippen LogP contribution in [0.4, 0.5) is 0 Å². The number of carboxylic acid groups (broad SMARTS) is 1. The van der Waals surface area contributed by atoms with Gasteiger partial charge in [-0.3, -0.25) is 9.59 Å². The number of aromatic hydroxyl groups is 3. The number of carbonyl (C=O) groups is 3. The molecule has 0 spiro atoms. The van der Waals surface area contributed by atoms with Crippen molar-refractivity contribution in [2.45, 2.75) is 105 Å². The lowest BCUT2D eigenvalue weighted by Gasteiger charge is -2.46. The lowest BCUT2D eigenvalue weighted by molar-refractivity contribution is -0.364. The minimum Gasteiger partial charge on any atom is -0.508 e. The largest absolute Gasteiger partial charge is 0.508 e. The highest BCUT2D eigenvalue weighted by molar-refractivity contribution is 5.90. The number of carboxylic acids is 1. The van der Waals surface area contributed by atoms with E-state index in [0.717, 1.165) is 18.2 Å². The topological polar surface area (TPSA) is 397 Å². The van der Waals surface area contributed by atoms with Crippen LogP contribution in [0.2, 0.25) is 0 Å². The fourth-order valence-corrected chi connectivity index (χ4v) is 7.64. The van der Waals surface area contributed by atoms with Crippen LogP contribution in [-0.4, -0.2) is 196 Å². The summed E-state index contributed by atoms with van der Waals surface area (Å²) in [7, 11) is 0. The minimum atomic E-state index is -2.06. The molecule has 3 fully saturated rings. The van der Waals surface area contributed by atoms with E-state index in [1.165, 1.54) is 60.7 Å². The number of benzene rings is 3. The number of carbonyl (C=O) groups excluding carboxylic acids is 2. The molecule has 0 aliphatic carbocycles. The molecule has 25 heteroatoms. The Morgan fingerprint density at radius 1 is 0.614 bits per heavy atom. The molecule has 3 aromatic rings. The van der Waals surface area contributed by atoms with Crippen LogP contribution in [0, 0.1) is 0 Å². The van der Waals surface area contributed by atoms with E-state index in [0.29, 0.717) is 5.56 Å². The molecule has 0 radical (unpaired) electrons. The monoisotopic (exact) mass is 990 g/mol. The number of hydrogen-bond acceptors (Lipinski definition) is 24. The maximum atomic E-state index is 12.8. The Morgan fingerprint density at radius 2 is 1.19 bits per heavy atom. The van der Waals surface area contributed by atoms with Crippen molar-refractivity contribution >= 4 is 30.1 Å². The van der Waals surface area contributed by atoms with Gasteiger partial charge in [0.05, 0.1) is 12.2 Å². The number of fused-ring (bicyclic) bond motifs is 1. The Kier molecular flexibility index (Phi) is 16.4. The minimum absolute atomic E-state index is 0.0144. The maximum absolute atomic E-state index is 12.8. The summed E-state index contributed by atoms with van der Waals surface area (Å²) in [6.07, 6.45) is -26.8. The van der Waals surface area contributed by atoms with Gasteiger partial charge in [-0.15, -0.1) is 0 Å². The van der Waals surface area contributed by atoms with Crippen LogP contribution in [-0.2, 0) is 47.5 Å². The zero-order valence-corrected chi connectivity index (χ0v) is 36.3. The summed E-state index contributed by atoms with van der Waals surface area (Å²) in [5.74, 6) is -5.07. The van der Waals surface area contributed by atoms with Gasteiger partial charge >= 0.3 is 17.9 Å². The first-order valence-electron chi connectivity index (χ1n) is 21.4. The van der Waals surface area contributed by atoms with Crippen molar-refractivity contribution in [1.82, 2.24) is 0 Å². The normalized spacial score (nSPS) is 33.0. The van der Waals surface area contributed by atoms with Crippen LogP contribution in [0.1, 0.15) is 29.2 Å². The highest BCUT2D eigenvalue weighted by Gasteiger charge is 2.53. The smallest absolute Gasteiger partial charge is 0.330 e. The third-order valence-electron chi connectivity index (χ3n) is 11.4. The van der Waals surface area contributed by atoms with E-state index in [1.807, 2.05) is 0 Å². The summed E-state index contributed by atoms with van der Waals surface area (Å²) in [5.41, 5.74) is 0.688. The third-order valence-corrected chi connectivity index (χ3v) is 11.4. The lowest BCUT2D eigenvalue weighted by Crippen LogP contribution is -2.64. The number of aliphatic carboxylic acids is 1. The molecule has 70 heavy (non-hydrogen) atoms. The van der Waals surface area contributed by atoms with Crippen LogP contribution >= 0.6 is 0 Å². The molecule has 16 unspecified atom stereocenters. The van der Waals surface area contributed by atoms with Gasteiger partial charge < -0.3 is 109 Å². The summed E-state index contributed by atoms with van der Waals surface area (Å²) in [6.45, 7) is -2.40. The highest BCUT2D eigenvalue weighted by atomic mass is 16.8. The molecule has 0 amide bonds. The van der Waals surface area contributed by atoms with Crippen LogP contribution in [0.5, 0.6) is 28.7 Å².